The van der Waals surface area contributed by atoms with Crippen LogP contribution in [0.15, 0.2) is 12.1 Å². The van der Waals surface area contributed by atoms with Crippen molar-refractivity contribution in [3.63, 3.8) is 0 Å². The van der Waals surface area contributed by atoms with E-state index in [1.807, 2.05) is 6.07 Å². The fourth-order valence-corrected chi connectivity index (χ4v) is 4.85. The highest BCUT2D eigenvalue weighted by molar-refractivity contribution is 5.89. The van der Waals surface area contributed by atoms with Gasteiger partial charge in [-0.05, 0) is 37.3 Å². The average Bonchev–Trinajstić information content (AvgIpc) is 2.82. The van der Waals surface area contributed by atoms with Crippen molar-refractivity contribution < 1.29 is 19.7 Å². The zero-order valence-electron chi connectivity index (χ0n) is 12.2. The molecule has 0 aromatic heterocycles. The molecule has 1 heterocycles. The van der Waals surface area contributed by atoms with E-state index in [1.54, 1.807) is 6.07 Å². The summed E-state index contributed by atoms with van der Waals surface area (Å²) in [7, 11) is 0. The number of hydrogen-bond donors (Lipinski definition) is 2. The molecule has 4 nitrogen and oxygen atoms in total. The van der Waals surface area contributed by atoms with Crippen molar-refractivity contribution in [2.24, 2.45) is 0 Å². The normalized spacial score (nSPS) is 36.3. The lowest BCUT2D eigenvalue weighted by Gasteiger charge is -2.53. The molecule has 3 atom stereocenters. The molecule has 2 aliphatic carbocycles. The maximum absolute atomic E-state index is 12.4. The molecule has 112 valence electrons. The second-order valence-electron chi connectivity index (χ2n) is 6.67. The van der Waals surface area contributed by atoms with Crippen molar-refractivity contribution in [3.05, 3.63) is 23.3 Å². The minimum absolute atomic E-state index is 0.0524. The summed E-state index contributed by atoms with van der Waals surface area (Å²) in [5.74, 6) is 0.562. The van der Waals surface area contributed by atoms with Crippen molar-refractivity contribution in [1.82, 2.24) is 0 Å². The summed E-state index contributed by atoms with van der Waals surface area (Å²) >= 11 is 0. The molecular weight excluding hydrogens is 268 g/mol. The smallest absolute Gasteiger partial charge is 0.174 e. The van der Waals surface area contributed by atoms with Crippen molar-refractivity contribution in [2.75, 3.05) is 0 Å². The van der Waals surface area contributed by atoms with Crippen molar-refractivity contribution >= 4 is 5.78 Å². The fourth-order valence-electron chi connectivity index (χ4n) is 4.85. The zero-order chi connectivity index (χ0) is 14.8. The Morgan fingerprint density at radius 3 is 2.86 bits per heavy atom. The lowest BCUT2D eigenvalue weighted by molar-refractivity contribution is -0.153. The number of aromatic hydroxyl groups is 1. The number of ketones is 1. The number of carbonyl (C=O) groups is 1. The summed E-state index contributed by atoms with van der Waals surface area (Å²) in [6.45, 7) is 2.06. The van der Waals surface area contributed by atoms with Gasteiger partial charge in [0.05, 0.1) is 11.0 Å². The standard InChI is InChI=1S/C17H20O4/c1-2-7-17-13-10-3-4-11(18)14(13)21-15(17)12(19)6-9-16(17,20)8-5-10/h3-4,15,18,20H,2,5-9H2,1H3/t15-,16-,17-/m0/s1. The number of phenolic OH excluding ortho intramolecular Hbond substituents is 1. The monoisotopic (exact) mass is 288 g/mol. The van der Waals surface area contributed by atoms with Gasteiger partial charge < -0.3 is 14.9 Å². The SMILES string of the molecule is CCC[C@]12c3c4ccc(O)c3O[C@H]1C(=O)CC[C@@]2(O)CC4. The fraction of sp³-hybridized carbons (Fsp3) is 0.588. The van der Waals surface area contributed by atoms with Crippen LogP contribution in [0, 0.1) is 0 Å². The first-order valence-corrected chi connectivity index (χ1v) is 7.80. The van der Waals surface area contributed by atoms with Crippen LogP contribution in [0.25, 0.3) is 0 Å². The van der Waals surface area contributed by atoms with Gasteiger partial charge >= 0.3 is 0 Å². The Bertz CT molecular complexity index is 638. The van der Waals surface area contributed by atoms with Crippen LogP contribution < -0.4 is 4.74 Å². The molecule has 0 unspecified atom stereocenters. The van der Waals surface area contributed by atoms with Crippen LogP contribution in [-0.4, -0.2) is 27.7 Å². The molecule has 1 aromatic carbocycles. The van der Waals surface area contributed by atoms with E-state index in [2.05, 4.69) is 6.92 Å². The van der Waals surface area contributed by atoms with Gasteiger partial charge in [0.25, 0.3) is 0 Å². The second-order valence-corrected chi connectivity index (χ2v) is 6.67. The molecule has 0 amide bonds. The van der Waals surface area contributed by atoms with Crippen LogP contribution in [0.1, 0.15) is 50.2 Å². The number of Topliss-reactive ketones (excluding diaryl/α,β-unsaturated/α-hetero) is 1. The molecule has 1 fully saturated rings. The third-order valence-corrected chi connectivity index (χ3v) is 5.71. The Hall–Kier alpha value is -1.55. The zero-order valence-corrected chi connectivity index (χ0v) is 12.2. The summed E-state index contributed by atoms with van der Waals surface area (Å²) in [5.41, 5.74) is 0.445. The molecule has 0 radical (unpaired) electrons. The molecule has 0 bridgehead atoms. The van der Waals surface area contributed by atoms with Crippen LogP contribution >= 0.6 is 0 Å². The third-order valence-electron chi connectivity index (χ3n) is 5.71. The molecule has 0 saturated heterocycles. The summed E-state index contributed by atoms with van der Waals surface area (Å²) in [4.78, 5) is 12.4. The summed E-state index contributed by atoms with van der Waals surface area (Å²) in [6, 6.07) is 3.55. The number of rotatable bonds is 2. The number of carbonyl (C=O) groups excluding carboxylic acids is 1. The Morgan fingerprint density at radius 1 is 1.33 bits per heavy atom. The Labute approximate surface area is 123 Å². The van der Waals surface area contributed by atoms with Gasteiger partial charge in [-0.15, -0.1) is 0 Å². The summed E-state index contributed by atoms with van der Waals surface area (Å²) < 4.78 is 5.91. The number of aliphatic hydroxyl groups is 1. The quantitative estimate of drug-likeness (QED) is 0.876. The van der Waals surface area contributed by atoms with Crippen LogP contribution in [0.3, 0.4) is 0 Å². The van der Waals surface area contributed by atoms with Crippen molar-refractivity contribution in [3.8, 4) is 11.5 Å². The number of phenols is 1. The predicted molar refractivity (Wildman–Crippen MR) is 76.6 cm³/mol. The summed E-state index contributed by atoms with van der Waals surface area (Å²) in [6.07, 6.45) is 3.23. The van der Waals surface area contributed by atoms with Crippen molar-refractivity contribution in [2.45, 2.75) is 62.6 Å². The van der Waals surface area contributed by atoms with E-state index in [0.717, 1.165) is 24.0 Å². The number of hydrogen-bond acceptors (Lipinski definition) is 4. The van der Waals surface area contributed by atoms with Crippen LogP contribution in [-0.2, 0) is 16.6 Å². The number of benzene rings is 1. The Balaban J connectivity index is 2.05. The minimum Gasteiger partial charge on any atom is -0.504 e. The topological polar surface area (TPSA) is 66.8 Å². The summed E-state index contributed by atoms with van der Waals surface area (Å²) in [5, 5.41) is 21.5. The van der Waals surface area contributed by atoms with Gasteiger partial charge in [0, 0.05) is 12.0 Å². The van der Waals surface area contributed by atoms with E-state index in [-0.39, 0.29) is 11.5 Å². The maximum atomic E-state index is 12.4. The highest BCUT2D eigenvalue weighted by Crippen LogP contribution is 2.62. The highest BCUT2D eigenvalue weighted by Gasteiger charge is 2.67. The first kappa shape index (κ1) is 13.1. The lowest BCUT2D eigenvalue weighted by atomic mass is 9.52. The Morgan fingerprint density at radius 2 is 2.10 bits per heavy atom. The molecule has 2 N–H and O–H groups in total. The van der Waals surface area contributed by atoms with E-state index in [1.165, 1.54) is 0 Å². The van der Waals surface area contributed by atoms with Gasteiger partial charge in [-0.1, -0.05) is 19.4 Å². The van der Waals surface area contributed by atoms with Gasteiger partial charge in [-0.2, -0.15) is 0 Å². The first-order chi connectivity index (χ1) is 10.0. The second kappa shape index (κ2) is 4.01. The molecule has 1 aromatic rings. The minimum atomic E-state index is -0.895. The van der Waals surface area contributed by atoms with Gasteiger partial charge in [0.2, 0.25) is 0 Å². The number of ether oxygens (including phenoxy) is 1. The molecule has 0 spiro atoms. The van der Waals surface area contributed by atoms with Crippen LogP contribution in [0.4, 0.5) is 0 Å². The number of aryl methyl sites for hydroxylation is 1. The molecule has 21 heavy (non-hydrogen) atoms. The van der Waals surface area contributed by atoms with Gasteiger partial charge in [0.15, 0.2) is 23.4 Å². The molecular formula is C17H20O4. The van der Waals surface area contributed by atoms with E-state index >= 15 is 0 Å². The van der Waals surface area contributed by atoms with Gasteiger partial charge in [-0.25, -0.2) is 0 Å². The lowest BCUT2D eigenvalue weighted by Crippen LogP contribution is -2.64. The molecule has 4 heteroatoms. The third kappa shape index (κ3) is 1.37. The molecule has 1 aliphatic heterocycles. The molecule has 1 saturated carbocycles. The first-order valence-electron chi connectivity index (χ1n) is 7.80. The highest BCUT2D eigenvalue weighted by atomic mass is 16.5. The predicted octanol–water partition coefficient (Wildman–Crippen LogP) is 2.23. The Kier molecular flexibility index (Phi) is 2.51. The van der Waals surface area contributed by atoms with Gasteiger partial charge in [-0.3, -0.25) is 4.79 Å². The van der Waals surface area contributed by atoms with Gasteiger partial charge in [0.1, 0.15) is 0 Å². The van der Waals surface area contributed by atoms with Crippen LogP contribution in [0.5, 0.6) is 11.5 Å². The maximum Gasteiger partial charge on any atom is 0.174 e. The van der Waals surface area contributed by atoms with Crippen LogP contribution in [0.2, 0.25) is 0 Å². The largest absolute Gasteiger partial charge is 0.504 e. The van der Waals surface area contributed by atoms with E-state index < -0.39 is 17.1 Å². The van der Waals surface area contributed by atoms with Crippen molar-refractivity contribution in [1.29, 1.82) is 0 Å². The van der Waals surface area contributed by atoms with E-state index in [0.29, 0.717) is 31.4 Å². The van der Waals surface area contributed by atoms with E-state index in [4.69, 9.17) is 4.74 Å². The van der Waals surface area contributed by atoms with E-state index in [9.17, 15) is 15.0 Å². The molecule has 3 aliphatic rings. The average molecular weight is 288 g/mol. The molecule has 4 rings (SSSR count).